The van der Waals surface area contributed by atoms with Gasteiger partial charge in [0.2, 0.25) is 7.59 Å². The second-order valence-corrected chi connectivity index (χ2v) is 8.99. The van der Waals surface area contributed by atoms with E-state index in [1.165, 1.54) is 7.11 Å². The van der Waals surface area contributed by atoms with Gasteiger partial charge in [0, 0.05) is 0 Å². The van der Waals surface area contributed by atoms with Crippen molar-refractivity contribution in [2.75, 3.05) is 7.11 Å². The quantitative estimate of drug-likeness (QED) is 0.449. The summed E-state index contributed by atoms with van der Waals surface area (Å²) in [7, 11) is 1.45. The number of ether oxygens (including phenoxy) is 1. The van der Waals surface area contributed by atoms with Gasteiger partial charge in [0.25, 0.3) is 0 Å². The summed E-state index contributed by atoms with van der Waals surface area (Å²) in [5.74, 6) is -0.0155. The van der Waals surface area contributed by atoms with Crippen LogP contribution < -0.4 is 0 Å². The van der Waals surface area contributed by atoms with Crippen molar-refractivity contribution < 1.29 is 4.74 Å². The monoisotopic (exact) mass is 445 g/mol. The van der Waals surface area contributed by atoms with Crippen LogP contribution >= 0.6 is 69.6 Å². The molecule has 2 aromatic rings. The Morgan fingerprint density at radius 2 is 1.38 bits per heavy atom. The Bertz CT molecular complexity index is 708. The number of halogens is 6. The minimum Gasteiger partial charge on any atom is -0.493 e. The molecule has 1 heterocycles. The van der Waals surface area contributed by atoms with E-state index in [-0.39, 0.29) is 23.2 Å². The third-order valence-corrected chi connectivity index (χ3v) is 3.69. The van der Waals surface area contributed by atoms with Gasteiger partial charge in [0.05, 0.1) is 7.11 Å². The summed E-state index contributed by atoms with van der Waals surface area (Å²) in [6, 6.07) is 9.35. The van der Waals surface area contributed by atoms with Crippen molar-refractivity contribution in [3.8, 4) is 0 Å². The molecule has 0 radical (unpaired) electrons. The topological polar surface area (TPSA) is 47.9 Å². The number of alkyl halides is 6. The molecule has 0 unspecified atom stereocenters. The molecule has 0 atom stereocenters. The zero-order valence-electron chi connectivity index (χ0n) is 12.0. The van der Waals surface area contributed by atoms with E-state index in [2.05, 4.69) is 15.0 Å². The summed E-state index contributed by atoms with van der Waals surface area (Å²) in [6.07, 6.45) is 1.69. The van der Waals surface area contributed by atoms with E-state index >= 15 is 0 Å². The highest BCUT2D eigenvalue weighted by Gasteiger charge is 2.34. The zero-order valence-corrected chi connectivity index (χ0v) is 16.5. The predicted octanol–water partition coefficient (Wildman–Crippen LogP) is 5.67. The largest absolute Gasteiger partial charge is 0.493 e. The molecule has 0 saturated heterocycles. The van der Waals surface area contributed by atoms with E-state index < -0.39 is 7.59 Å². The number of rotatable bonds is 3. The first kappa shape index (κ1) is 19.8. The lowest BCUT2D eigenvalue weighted by Gasteiger charge is -2.16. The number of methoxy groups -OCH3 is 1. The van der Waals surface area contributed by atoms with E-state index in [0.29, 0.717) is 0 Å². The Balaban J connectivity index is 2.61. The van der Waals surface area contributed by atoms with Gasteiger partial charge in [-0.1, -0.05) is 99.9 Å². The molecule has 1 aromatic carbocycles. The number of nitrogens with zero attached hydrogens (tertiary/aromatic N) is 3. The minimum atomic E-state index is -1.92. The van der Waals surface area contributed by atoms with Gasteiger partial charge in [0.1, 0.15) is 0 Å². The Morgan fingerprint density at radius 3 is 1.79 bits per heavy atom. The highest BCUT2D eigenvalue weighted by atomic mass is 35.6. The normalized spacial score (nSPS) is 13.0. The van der Waals surface area contributed by atoms with Gasteiger partial charge in [-0.3, -0.25) is 0 Å². The van der Waals surface area contributed by atoms with Crippen molar-refractivity contribution >= 4 is 81.4 Å². The van der Waals surface area contributed by atoms with Crippen LogP contribution in [0.25, 0.3) is 11.8 Å². The first-order valence-corrected chi connectivity index (χ1v) is 8.59. The minimum absolute atomic E-state index is 0.0685. The number of benzene rings is 1. The molecule has 1 aromatic heterocycles. The van der Waals surface area contributed by atoms with Crippen LogP contribution in [-0.4, -0.2) is 22.1 Å². The molecule has 0 aliphatic carbocycles. The fraction of sp³-hybridized carbons (Fsp3) is 0.214. The van der Waals surface area contributed by atoms with Gasteiger partial charge in [-0.15, -0.1) is 0 Å². The molecular formula is C14H9Cl6N3O. The average molecular weight is 448 g/mol. The molecule has 0 spiro atoms. The fourth-order valence-electron chi connectivity index (χ4n) is 1.66. The molecule has 0 bridgehead atoms. The second kappa shape index (κ2) is 7.81. The van der Waals surface area contributed by atoms with Crippen molar-refractivity contribution in [1.82, 2.24) is 15.0 Å². The van der Waals surface area contributed by atoms with Gasteiger partial charge in [-0.05, 0) is 11.6 Å². The van der Waals surface area contributed by atoms with Crippen molar-refractivity contribution in [2.24, 2.45) is 0 Å². The maximum Gasteiger partial charge on any atom is 0.250 e. The lowest BCUT2D eigenvalue weighted by Crippen LogP contribution is -2.18. The molecule has 0 N–H and O–H groups in total. The summed E-state index contributed by atoms with van der Waals surface area (Å²) < 4.78 is 1.48. The highest BCUT2D eigenvalue weighted by Crippen LogP contribution is 2.40. The fourth-order valence-corrected chi connectivity index (χ4v) is 2.16. The Kier molecular flexibility index (Phi) is 6.46. The van der Waals surface area contributed by atoms with Crippen molar-refractivity contribution in [3.05, 3.63) is 53.4 Å². The van der Waals surface area contributed by atoms with E-state index in [9.17, 15) is 0 Å². The van der Waals surface area contributed by atoms with Gasteiger partial charge in [0.15, 0.2) is 23.2 Å². The summed E-state index contributed by atoms with van der Waals surface area (Å²) >= 11 is 35.1. The van der Waals surface area contributed by atoms with Crippen LogP contribution in [0.3, 0.4) is 0 Å². The number of hydrogen-bond acceptors (Lipinski definition) is 4. The van der Waals surface area contributed by atoms with Crippen molar-refractivity contribution in [2.45, 2.75) is 7.59 Å². The standard InChI is InChI=1S/C14H9Cl6N3O/c1-24-9(7-8-5-3-2-4-6-8)10-21-11(13(15,16)17)23-12(22-10)14(18,19)20/h2-7H,1H3. The van der Waals surface area contributed by atoms with Crippen LogP contribution in [0.15, 0.2) is 30.3 Å². The molecule has 128 valence electrons. The van der Waals surface area contributed by atoms with E-state index in [4.69, 9.17) is 74.3 Å². The lowest BCUT2D eigenvalue weighted by molar-refractivity contribution is 0.368. The Hall–Kier alpha value is -0.490. The molecule has 10 heteroatoms. The van der Waals surface area contributed by atoms with Gasteiger partial charge >= 0.3 is 0 Å². The van der Waals surface area contributed by atoms with Gasteiger partial charge in [-0.25, -0.2) is 15.0 Å². The molecular weight excluding hydrogens is 439 g/mol. The molecule has 0 saturated carbocycles. The Morgan fingerprint density at radius 1 is 0.875 bits per heavy atom. The van der Waals surface area contributed by atoms with E-state index in [1.54, 1.807) is 6.08 Å². The van der Waals surface area contributed by atoms with Crippen LogP contribution in [0.5, 0.6) is 0 Å². The van der Waals surface area contributed by atoms with Crippen LogP contribution in [0, 0.1) is 0 Å². The number of hydrogen-bond donors (Lipinski definition) is 0. The molecule has 24 heavy (non-hydrogen) atoms. The molecule has 0 aliphatic rings. The third-order valence-electron chi connectivity index (χ3n) is 2.68. The van der Waals surface area contributed by atoms with Crippen LogP contribution in [-0.2, 0) is 12.3 Å². The van der Waals surface area contributed by atoms with E-state index in [1.807, 2.05) is 30.3 Å². The average Bonchev–Trinajstić information content (AvgIpc) is 2.51. The van der Waals surface area contributed by atoms with Crippen LogP contribution in [0.1, 0.15) is 23.0 Å². The predicted molar refractivity (Wildman–Crippen MR) is 99.6 cm³/mol. The van der Waals surface area contributed by atoms with Crippen LogP contribution in [0.2, 0.25) is 0 Å². The first-order valence-electron chi connectivity index (χ1n) is 6.33. The van der Waals surface area contributed by atoms with Crippen molar-refractivity contribution in [1.29, 1.82) is 0 Å². The van der Waals surface area contributed by atoms with Gasteiger partial charge < -0.3 is 4.74 Å². The number of aromatic nitrogens is 3. The Labute approximate surface area is 168 Å². The molecule has 4 nitrogen and oxygen atoms in total. The first-order chi connectivity index (χ1) is 11.1. The maximum absolute atomic E-state index is 5.85. The summed E-state index contributed by atoms with van der Waals surface area (Å²) in [6.45, 7) is 0. The SMILES string of the molecule is COC(=Cc1ccccc1)c1nc(C(Cl)(Cl)Cl)nc(C(Cl)(Cl)Cl)n1. The lowest BCUT2D eigenvalue weighted by atomic mass is 10.2. The smallest absolute Gasteiger partial charge is 0.250 e. The zero-order chi connectivity index (χ0) is 18.0. The third kappa shape index (κ3) is 5.25. The maximum atomic E-state index is 5.85. The van der Waals surface area contributed by atoms with Crippen LogP contribution in [0.4, 0.5) is 0 Å². The van der Waals surface area contributed by atoms with E-state index in [0.717, 1.165) is 5.56 Å². The highest BCUT2D eigenvalue weighted by molar-refractivity contribution is 6.67. The summed E-state index contributed by atoms with van der Waals surface area (Å²) in [5, 5.41) is 0. The molecule has 0 fully saturated rings. The van der Waals surface area contributed by atoms with Gasteiger partial charge in [-0.2, -0.15) is 0 Å². The molecule has 0 aliphatic heterocycles. The molecule has 0 amide bonds. The van der Waals surface area contributed by atoms with Crippen molar-refractivity contribution in [3.63, 3.8) is 0 Å². The summed E-state index contributed by atoms with van der Waals surface area (Å²) in [4.78, 5) is 12.1. The second-order valence-electron chi connectivity index (χ2n) is 4.43. The molecule has 2 rings (SSSR count). The summed E-state index contributed by atoms with van der Waals surface area (Å²) in [5.41, 5.74) is 0.848.